The van der Waals surface area contributed by atoms with Crippen molar-refractivity contribution in [2.75, 3.05) is 12.4 Å². The van der Waals surface area contributed by atoms with Crippen LogP contribution in [-0.2, 0) is 27.2 Å². The van der Waals surface area contributed by atoms with Crippen molar-refractivity contribution in [3.05, 3.63) is 95.7 Å². The Kier molecular flexibility index (Phi) is 6.40. The Balaban J connectivity index is 1.27. The lowest BCUT2D eigenvalue weighted by Gasteiger charge is -2.17. The van der Waals surface area contributed by atoms with Crippen LogP contribution in [0, 0.1) is 0 Å². The van der Waals surface area contributed by atoms with Gasteiger partial charge in [0.05, 0.1) is 7.11 Å². The molecule has 2 amide bonds. The molecule has 8 nitrogen and oxygen atoms in total. The van der Waals surface area contributed by atoms with E-state index in [-0.39, 0.29) is 12.3 Å². The first-order valence-electron chi connectivity index (χ1n) is 11.6. The highest BCUT2D eigenvalue weighted by Gasteiger charge is 2.29. The van der Waals surface area contributed by atoms with Crippen molar-refractivity contribution < 1.29 is 23.9 Å². The van der Waals surface area contributed by atoms with E-state index in [9.17, 15) is 14.4 Å². The van der Waals surface area contributed by atoms with Gasteiger partial charge < -0.3 is 25.1 Å². The van der Waals surface area contributed by atoms with Crippen LogP contribution in [0.3, 0.4) is 0 Å². The van der Waals surface area contributed by atoms with Gasteiger partial charge in [0.1, 0.15) is 11.8 Å². The van der Waals surface area contributed by atoms with Crippen molar-refractivity contribution >= 4 is 34.4 Å². The number of carbonyl (C=O) groups is 3. The lowest BCUT2D eigenvalue weighted by molar-refractivity contribution is -0.142. The molecule has 4 aromatic rings. The Morgan fingerprint density at radius 2 is 1.86 bits per heavy atom. The minimum absolute atomic E-state index is 0.262. The average Bonchev–Trinajstić information content (AvgIpc) is 3.52. The summed E-state index contributed by atoms with van der Waals surface area (Å²) in [6.45, 7) is 0. The third-order valence-electron chi connectivity index (χ3n) is 6.22. The smallest absolute Gasteiger partial charge is 0.328 e. The molecule has 2 heterocycles. The summed E-state index contributed by atoms with van der Waals surface area (Å²) in [7, 11) is 1.29. The lowest BCUT2D eigenvalue weighted by Crippen LogP contribution is -2.43. The van der Waals surface area contributed by atoms with E-state index >= 15 is 0 Å². The molecule has 5 rings (SSSR count). The van der Waals surface area contributed by atoms with Crippen LogP contribution in [-0.4, -0.2) is 42.0 Å². The van der Waals surface area contributed by atoms with Crippen molar-refractivity contribution in [3.8, 4) is 5.75 Å². The summed E-state index contributed by atoms with van der Waals surface area (Å²) in [4.78, 5) is 41.5. The fourth-order valence-electron chi connectivity index (χ4n) is 4.39. The van der Waals surface area contributed by atoms with Crippen LogP contribution in [0.25, 0.3) is 10.9 Å². The van der Waals surface area contributed by atoms with E-state index in [2.05, 4.69) is 15.6 Å². The van der Waals surface area contributed by atoms with Gasteiger partial charge in [0, 0.05) is 41.2 Å². The normalized spacial score (nSPS) is 15.0. The van der Waals surface area contributed by atoms with Crippen molar-refractivity contribution in [3.63, 3.8) is 0 Å². The molecule has 0 saturated heterocycles. The van der Waals surface area contributed by atoms with E-state index in [0.717, 1.165) is 22.0 Å². The first-order chi connectivity index (χ1) is 17.5. The summed E-state index contributed by atoms with van der Waals surface area (Å²) in [6, 6.07) is 20.9. The highest BCUT2D eigenvalue weighted by Crippen LogP contribution is 2.28. The van der Waals surface area contributed by atoms with Crippen molar-refractivity contribution in [2.24, 2.45) is 0 Å². The van der Waals surface area contributed by atoms with Crippen LogP contribution < -0.4 is 15.4 Å². The van der Waals surface area contributed by atoms with Gasteiger partial charge in [-0.1, -0.05) is 42.5 Å². The molecule has 3 N–H and O–H groups in total. The van der Waals surface area contributed by atoms with Gasteiger partial charge >= 0.3 is 5.97 Å². The standard InChI is InChI=1S/C28H25N3O5/c1-35-28(34)23(14-19-16-29-22-11-4-3-10-21(19)22)31-26(32)18-8-6-9-20(13-18)30-27(33)25-15-17-7-2-5-12-24(17)36-25/h2-13,16,23,25,29H,14-15H2,1H3,(H,30,33)(H,31,32)/t23-,25?/m1/s1. The summed E-state index contributed by atoms with van der Waals surface area (Å²) in [5.74, 6) is -0.590. The van der Waals surface area contributed by atoms with E-state index in [0.29, 0.717) is 23.4 Å². The number of anilines is 1. The second kappa shape index (κ2) is 9.95. The Morgan fingerprint density at radius 1 is 1.06 bits per heavy atom. The SMILES string of the molecule is COC(=O)[C@@H](Cc1c[nH]c2ccccc12)NC(=O)c1cccc(NC(=O)C2Cc3ccccc3O2)c1. The third kappa shape index (κ3) is 4.79. The fraction of sp³-hybridized carbons (Fsp3) is 0.179. The molecule has 182 valence electrons. The highest BCUT2D eigenvalue weighted by atomic mass is 16.5. The largest absolute Gasteiger partial charge is 0.480 e. The van der Waals surface area contributed by atoms with Crippen LogP contribution in [0.5, 0.6) is 5.75 Å². The van der Waals surface area contributed by atoms with E-state index in [1.165, 1.54) is 7.11 Å². The molecule has 1 aliphatic rings. The Bertz CT molecular complexity index is 1420. The number of aromatic amines is 1. The van der Waals surface area contributed by atoms with E-state index in [1.54, 1.807) is 24.3 Å². The molecule has 1 aliphatic heterocycles. The van der Waals surface area contributed by atoms with Gasteiger partial charge in [-0.05, 0) is 41.5 Å². The zero-order chi connectivity index (χ0) is 25.1. The molecule has 0 aliphatic carbocycles. The predicted molar refractivity (Wildman–Crippen MR) is 135 cm³/mol. The number of benzene rings is 3. The third-order valence-corrected chi connectivity index (χ3v) is 6.22. The molecule has 0 saturated carbocycles. The van der Waals surface area contributed by atoms with Gasteiger partial charge in [-0.25, -0.2) is 4.79 Å². The number of rotatable bonds is 7. The number of hydrogen-bond acceptors (Lipinski definition) is 5. The summed E-state index contributed by atoms with van der Waals surface area (Å²) >= 11 is 0. The van der Waals surface area contributed by atoms with Crippen LogP contribution in [0.2, 0.25) is 0 Å². The molecule has 8 heteroatoms. The Hall–Kier alpha value is -4.59. The minimum Gasteiger partial charge on any atom is -0.480 e. The van der Waals surface area contributed by atoms with Crippen LogP contribution in [0.4, 0.5) is 5.69 Å². The maximum atomic E-state index is 13.0. The Morgan fingerprint density at radius 3 is 2.69 bits per heavy atom. The maximum absolute atomic E-state index is 13.0. The lowest BCUT2D eigenvalue weighted by atomic mass is 10.0. The Labute approximate surface area is 207 Å². The quantitative estimate of drug-likeness (QED) is 0.348. The number of carbonyl (C=O) groups excluding carboxylic acids is 3. The molecule has 1 unspecified atom stereocenters. The van der Waals surface area contributed by atoms with Crippen LogP contribution >= 0.6 is 0 Å². The van der Waals surface area contributed by atoms with Gasteiger partial charge in [0.15, 0.2) is 6.10 Å². The number of amides is 2. The molecule has 1 aromatic heterocycles. The molecule has 0 radical (unpaired) electrons. The number of esters is 1. The summed E-state index contributed by atoms with van der Waals surface area (Å²) in [5.41, 5.74) is 3.57. The van der Waals surface area contributed by atoms with Gasteiger partial charge in [0.2, 0.25) is 0 Å². The maximum Gasteiger partial charge on any atom is 0.328 e. The molecular weight excluding hydrogens is 458 g/mol. The van der Waals surface area contributed by atoms with Gasteiger partial charge in [-0.15, -0.1) is 0 Å². The molecular formula is C28H25N3O5. The number of para-hydroxylation sites is 2. The number of H-pyrrole nitrogens is 1. The summed E-state index contributed by atoms with van der Waals surface area (Å²) in [5, 5.41) is 6.56. The van der Waals surface area contributed by atoms with Gasteiger partial charge in [0.25, 0.3) is 11.8 Å². The van der Waals surface area contributed by atoms with E-state index in [1.807, 2.05) is 54.7 Å². The van der Waals surface area contributed by atoms with Gasteiger partial charge in [-0.3, -0.25) is 9.59 Å². The number of fused-ring (bicyclic) bond motifs is 2. The monoisotopic (exact) mass is 483 g/mol. The first kappa shape index (κ1) is 23.2. The molecule has 0 fully saturated rings. The van der Waals surface area contributed by atoms with Crippen molar-refractivity contribution in [2.45, 2.75) is 25.0 Å². The fourth-order valence-corrected chi connectivity index (χ4v) is 4.39. The summed E-state index contributed by atoms with van der Waals surface area (Å²) < 4.78 is 10.7. The number of nitrogens with one attached hydrogen (secondary N) is 3. The average molecular weight is 484 g/mol. The molecule has 36 heavy (non-hydrogen) atoms. The zero-order valence-electron chi connectivity index (χ0n) is 19.6. The van der Waals surface area contributed by atoms with E-state index in [4.69, 9.17) is 9.47 Å². The number of aromatic nitrogens is 1. The molecule has 2 atom stereocenters. The van der Waals surface area contributed by atoms with Crippen molar-refractivity contribution in [1.29, 1.82) is 0 Å². The van der Waals surface area contributed by atoms with Crippen LogP contribution in [0.1, 0.15) is 21.5 Å². The molecule has 3 aromatic carbocycles. The second-order valence-corrected chi connectivity index (χ2v) is 8.60. The number of methoxy groups -OCH3 is 1. The van der Waals surface area contributed by atoms with Gasteiger partial charge in [-0.2, -0.15) is 0 Å². The number of ether oxygens (including phenoxy) is 2. The second-order valence-electron chi connectivity index (χ2n) is 8.60. The topological polar surface area (TPSA) is 110 Å². The minimum atomic E-state index is -0.884. The molecule has 0 bridgehead atoms. The highest BCUT2D eigenvalue weighted by molar-refractivity contribution is 6.00. The predicted octanol–water partition coefficient (Wildman–Crippen LogP) is 3.62. The van der Waals surface area contributed by atoms with Crippen molar-refractivity contribution in [1.82, 2.24) is 10.3 Å². The molecule has 0 spiro atoms. The van der Waals surface area contributed by atoms with E-state index < -0.39 is 24.0 Å². The summed E-state index contributed by atoms with van der Waals surface area (Å²) in [6.07, 6.45) is 1.93. The van der Waals surface area contributed by atoms with Crippen LogP contribution in [0.15, 0.2) is 79.0 Å². The first-order valence-corrected chi connectivity index (χ1v) is 11.6. The number of hydrogen-bond donors (Lipinski definition) is 3. The zero-order valence-corrected chi connectivity index (χ0v) is 19.6.